The minimum absolute atomic E-state index is 0.138. The predicted molar refractivity (Wildman–Crippen MR) is 78.0 cm³/mol. The summed E-state index contributed by atoms with van der Waals surface area (Å²) in [6.45, 7) is 0. The van der Waals surface area contributed by atoms with Crippen LogP contribution in [0.2, 0.25) is 0 Å². The summed E-state index contributed by atoms with van der Waals surface area (Å²) in [6, 6.07) is 10.3. The van der Waals surface area contributed by atoms with Crippen molar-refractivity contribution in [3.63, 3.8) is 0 Å². The van der Waals surface area contributed by atoms with Crippen LogP contribution in [0.4, 0.5) is 0 Å². The first-order valence-electron chi connectivity index (χ1n) is 6.62. The highest BCUT2D eigenvalue weighted by Gasteiger charge is 2.36. The molecule has 0 amide bonds. The molecule has 0 aliphatic heterocycles. The van der Waals surface area contributed by atoms with Gasteiger partial charge in [0.2, 0.25) is 0 Å². The van der Waals surface area contributed by atoms with Crippen molar-refractivity contribution in [1.29, 1.82) is 0 Å². The van der Waals surface area contributed by atoms with Gasteiger partial charge in [0.15, 0.2) is 0 Å². The summed E-state index contributed by atoms with van der Waals surface area (Å²) < 4.78 is 0. The number of hydrogen-bond acceptors (Lipinski definition) is 4. The van der Waals surface area contributed by atoms with Crippen LogP contribution in [0.5, 0.6) is 0 Å². The maximum atomic E-state index is 10.5. The Balaban J connectivity index is 1.75. The summed E-state index contributed by atoms with van der Waals surface area (Å²) in [5.74, 6) is 0. The van der Waals surface area contributed by atoms with E-state index in [1.165, 1.54) is 0 Å². The van der Waals surface area contributed by atoms with Gasteiger partial charge in [-0.25, -0.2) is 4.98 Å². The van der Waals surface area contributed by atoms with E-state index < -0.39 is 5.60 Å². The van der Waals surface area contributed by atoms with Crippen LogP contribution < -0.4 is 5.73 Å². The second-order valence-corrected chi connectivity index (χ2v) is 6.34. The Hall–Kier alpha value is -1.23. The summed E-state index contributed by atoms with van der Waals surface area (Å²) >= 11 is 1.62. The van der Waals surface area contributed by atoms with E-state index in [9.17, 15) is 5.11 Å². The van der Waals surface area contributed by atoms with Gasteiger partial charge in [0.05, 0.1) is 16.3 Å². The highest BCUT2D eigenvalue weighted by atomic mass is 32.1. The fourth-order valence-electron chi connectivity index (χ4n) is 2.72. The quantitative estimate of drug-likeness (QED) is 0.904. The summed E-state index contributed by atoms with van der Waals surface area (Å²) in [7, 11) is 0. The predicted octanol–water partition coefficient (Wildman–Crippen LogP) is 2.59. The van der Waals surface area contributed by atoms with Gasteiger partial charge in [0.1, 0.15) is 0 Å². The number of benzene rings is 1. The van der Waals surface area contributed by atoms with Gasteiger partial charge in [-0.1, -0.05) is 30.3 Å². The summed E-state index contributed by atoms with van der Waals surface area (Å²) in [6.07, 6.45) is 3.01. The summed E-state index contributed by atoms with van der Waals surface area (Å²) in [4.78, 5) is 4.63. The van der Waals surface area contributed by atoms with E-state index in [1.54, 1.807) is 11.3 Å². The lowest BCUT2D eigenvalue weighted by Gasteiger charge is -2.20. The van der Waals surface area contributed by atoms with Crippen LogP contribution in [0.15, 0.2) is 35.7 Å². The number of aliphatic hydroxyl groups is 1. The smallest absolute Gasteiger partial charge is 0.0961 e. The molecular formula is C15H18N2OS. The molecule has 1 aromatic heterocycles. The minimum atomic E-state index is -0.648. The van der Waals surface area contributed by atoms with Crippen LogP contribution in [0.1, 0.15) is 24.3 Å². The third-order valence-corrected chi connectivity index (χ3v) is 4.57. The van der Waals surface area contributed by atoms with Crippen LogP contribution in [0.25, 0.3) is 11.3 Å². The SMILES string of the molecule is NC1CCC(O)(Cc2nc(-c3ccccc3)cs2)C1. The molecule has 1 saturated carbocycles. The van der Waals surface area contributed by atoms with Crippen molar-refractivity contribution >= 4 is 11.3 Å². The molecule has 2 atom stereocenters. The van der Waals surface area contributed by atoms with Crippen molar-refractivity contribution in [2.75, 3.05) is 0 Å². The average Bonchev–Trinajstić information content (AvgIpc) is 2.98. The fourth-order valence-corrected chi connectivity index (χ4v) is 3.66. The Kier molecular flexibility index (Phi) is 3.39. The molecule has 1 fully saturated rings. The second-order valence-electron chi connectivity index (χ2n) is 5.40. The van der Waals surface area contributed by atoms with Crippen LogP contribution in [-0.2, 0) is 6.42 Å². The maximum absolute atomic E-state index is 10.5. The van der Waals surface area contributed by atoms with Gasteiger partial charge in [-0.3, -0.25) is 0 Å². The first-order chi connectivity index (χ1) is 9.15. The molecule has 0 radical (unpaired) electrons. The Morgan fingerprint density at radius 3 is 2.84 bits per heavy atom. The third kappa shape index (κ3) is 2.86. The standard InChI is InChI=1S/C15H18N2OS/c16-12-6-7-15(18,8-12)9-14-17-13(10-19-14)11-4-2-1-3-5-11/h1-5,10,12,18H,6-9,16H2. The van der Waals surface area contributed by atoms with Gasteiger partial charge in [-0.05, 0) is 19.3 Å². The molecule has 3 N–H and O–H groups in total. The lowest BCUT2D eigenvalue weighted by Crippen LogP contribution is -2.30. The average molecular weight is 274 g/mol. The number of thiazole rings is 1. The second kappa shape index (κ2) is 5.04. The van der Waals surface area contributed by atoms with E-state index >= 15 is 0 Å². The Labute approximate surface area is 117 Å². The van der Waals surface area contributed by atoms with Crippen molar-refractivity contribution in [1.82, 2.24) is 4.98 Å². The van der Waals surface area contributed by atoms with E-state index in [0.717, 1.165) is 29.1 Å². The molecule has 0 spiro atoms. The molecule has 100 valence electrons. The minimum Gasteiger partial charge on any atom is -0.389 e. The lowest BCUT2D eigenvalue weighted by atomic mass is 9.98. The van der Waals surface area contributed by atoms with E-state index in [1.807, 2.05) is 18.2 Å². The molecule has 4 heteroatoms. The first-order valence-corrected chi connectivity index (χ1v) is 7.50. The largest absolute Gasteiger partial charge is 0.389 e. The molecule has 0 saturated heterocycles. The molecule has 19 heavy (non-hydrogen) atoms. The van der Waals surface area contributed by atoms with Gasteiger partial charge in [0.25, 0.3) is 0 Å². The summed E-state index contributed by atoms with van der Waals surface area (Å²) in [5, 5.41) is 13.5. The van der Waals surface area contributed by atoms with E-state index in [2.05, 4.69) is 22.5 Å². The Morgan fingerprint density at radius 2 is 2.16 bits per heavy atom. The van der Waals surface area contributed by atoms with Gasteiger partial charge in [-0.15, -0.1) is 11.3 Å². The monoisotopic (exact) mass is 274 g/mol. The normalized spacial score (nSPS) is 26.7. The number of hydrogen-bond donors (Lipinski definition) is 2. The van der Waals surface area contributed by atoms with Crippen molar-refractivity contribution in [2.24, 2.45) is 5.73 Å². The van der Waals surface area contributed by atoms with Crippen LogP contribution in [-0.4, -0.2) is 21.7 Å². The van der Waals surface area contributed by atoms with Gasteiger partial charge in [0, 0.05) is 23.4 Å². The highest BCUT2D eigenvalue weighted by Crippen LogP contribution is 2.33. The maximum Gasteiger partial charge on any atom is 0.0961 e. The topological polar surface area (TPSA) is 59.1 Å². The van der Waals surface area contributed by atoms with E-state index in [0.29, 0.717) is 12.8 Å². The molecule has 1 aliphatic carbocycles. The molecule has 2 aromatic rings. The number of nitrogens with zero attached hydrogens (tertiary/aromatic N) is 1. The zero-order chi connectivity index (χ0) is 13.3. The molecule has 1 aromatic carbocycles. The van der Waals surface area contributed by atoms with Crippen molar-refractivity contribution in [3.05, 3.63) is 40.7 Å². The van der Waals surface area contributed by atoms with Crippen molar-refractivity contribution in [3.8, 4) is 11.3 Å². The van der Waals surface area contributed by atoms with Crippen molar-refractivity contribution < 1.29 is 5.11 Å². The van der Waals surface area contributed by atoms with E-state index in [4.69, 9.17) is 5.73 Å². The third-order valence-electron chi connectivity index (χ3n) is 3.72. The summed E-state index contributed by atoms with van der Waals surface area (Å²) in [5.41, 5.74) is 7.35. The molecule has 3 rings (SSSR count). The molecular weight excluding hydrogens is 256 g/mol. The van der Waals surface area contributed by atoms with E-state index in [-0.39, 0.29) is 6.04 Å². The number of aromatic nitrogens is 1. The zero-order valence-corrected chi connectivity index (χ0v) is 11.6. The molecule has 0 bridgehead atoms. The zero-order valence-electron chi connectivity index (χ0n) is 10.7. The van der Waals surface area contributed by atoms with Crippen molar-refractivity contribution in [2.45, 2.75) is 37.3 Å². The molecule has 1 heterocycles. The molecule has 2 unspecified atom stereocenters. The Morgan fingerprint density at radius 1 is 1.37 bits per heavy atom. The highest BCUT2D eigenvalue weighted by molar-refractivity contribution is 7.09. The van der Waals surface area contributed by atoms with Crippen LogP contribution in [0.3, 0.4) is 0 Å². The molecule has 1 aliphatic rings. The first kappa shape index (κ1) is 12.8. The lowest BCUT2D eigenvalue weighted by molar-refractivity contribution is 0.0468. The van der Waals surface area contributed by atoms with Gasteiger partial charge >= 0.3 is 0 Å². The Bertz CT molecular complexity index is 554. The number of rotatable bonds is 3. The van der Waals surface area contributed by atoms with Gasteiger partial charge < -0.3 is 10.8 Å². The van der Waals surface area contributed by atoms with Crippen LogP contribution >= 0.6 is 11.3 Å². The number of nitrogens with two attached hydrogens (primary N) is 1. The van der Waals surface area contributed by atoms with Gasteiger partial charge in [-0.2, -0.15) is 0 Å². The van der Waals surface area contributed by atoms with Crippen LogP contribution in [0, 0.1) is 0 Å². The fraction of sp³-hybridized carbons (Fsp3) is 0.400. The molecule has 3 nitrogen and oxygen atoms in total.